The summed E-state index contributed by atoms with van der Waals surface area (Å²) in [6.07, 6.45) is 7.94. The molecule has 22 heavy (non-hydrogen) atoms. The van der Waals surface area contributed by atoms with Crippen molar-refractivity contribution in [2.45, 2.75) is 13.0 Å². The first-order valence-corrected chi connectivity index (χ1v) is 6.70. The minimum atomic E-state index is -0.786. The molecule has 116 valence electrons. The van der Waals surface area contributed by atoms with Gasteiger partial charge in [-0.05, 0) is 23.3 Å². The van der Waals surface area contributed by atoms with Gasteiger partial charge in [0.15, 0.2) is 18.9 Å². The fraction of sp³-hybridized carbons (Fsp3) is 0.176. The highest BCUT2D eigenvalue weighted by atomic mass is 35.5. The number of nitrogens with zero attached hydrogens (tertiary/aromatic N) is 1. The van der Waals surface area contributed by atoms with Gasteiger partial charge in [0.05, 0.1) is 7.11 Å². The Morgan fingerprint density at radius 3 is 2.14 bits per heavy atom. The number of halogens is 1. The number of aliphatic carboxylic acids is 1. The molecule has 0 spiro atoms. The van der Waals surface area contributed by atoms with Crippen LogP contribution in [0.2, 0.25) is 0 Å². The summed E-state index contributed by atoms with van der Waals surface area (Å²) in [5.74, 6) is 0.0531. The second-order valence-electron chi connectivity index (χ2n) is 4.62. The second-order valence-corrected chi connectivity index (χ2v) is 4.62. The Labute approximate surface area is 136 Å². The van der Waals surface area contributed by atoms with Gasteiger partial charge in [-0.15, -0.1) is 0 Å². The van der Waals surface area contributed by atoms with Crippen LogP contribution in [0, 0.1) is 0 Å². The Bertz CT molecular complexity index is 621. The predicted molar refractivity (Wildman–Crippen MR) is 80.8 cm³/mol. The van der Waals surface area contributed by atoms with Crippen LogP contribution in [-0.4, -0.2) is 18.2 Å². The maximum absolute atomic E-state index is 10.5. The molecule has 0 radical (unpaired) electrons. The normalized spacial score (nSPS) is 10.2. The number of hydrogen-bond donors (Lipinski definition) is 1. The molecule has 1 aromatic carbocycles. The Hall–Kier alpha value is -2.33. The largest absolute Gasteiger partial charge is 1.00 e. The van der Waals surface area contributed by atoms with Crippen molar-refractivity contribution >= 4 is 18.1 Å². The number of aromatic nitrogens is 1. The summed E-state index contributed by atoms with van der Waals surface area (Å²) in [4.78, 5) is 10.5. The number of rotatable bonds is 6. The molecule has 0 bridgehead atoms. The van der Waals surface area contributed by atoms with Crippen LogP contribution in [0.1, 0.15) is 17.5 Å². The lowest BCUT2D eigenvalue weighted by molar-refractivity contribution is -0.696. The van der Waals surface area contributed by atoms with Crippen LogP contribution in [0.3, 0.4) is 0 Å². The molecule has 0 amide bonds. The molecule has 0 aliphatic carbocycles. The smallest absolute Gasteiger partial charge is 0.309 e. The van der Waals surface area contributed by atoms with Gasteiger partial charge in [-0.25, -0.2) is 4.57 Å². The quantitative estimate of drug-likeness (QED) is 0.739. The van der Waals surface area contributed by atoms with E-state index in [0.717, 1.165) is 16.9 Å². The van der Waals surface area contributed by atoms with E-state index in [1.54, 1.807) is 7.11 Å². The van der Waals surface area contributed by atoms with Crippen molar-refractivity contribution in [3.8, 4) is 5.75 Å². The molecule has 0 aliphatic heterocycles. The van der Waals surface area contributed by atoms with Gasteiger partial charge < -0.3 is 22.3 Å². The van der Waals surface area contributed by atoms with E-state index in [2.05, 4.69) is 0 Å². The second kappa shape index (κ2) is 8.85. The minimum absolute atomic E-state index is 0. The molecule has 4 nitrogen and oxygen atoms in total. The van der Waals surface area contributed by atoms with Crippen molar-refractivity contribution in [3.63, 3.8) is 0 Å². The number of aryl methyl sites for hydroxylation is 1. The highest BCUT2D eigenvalue weighted by Gasteiger charge is 2.03. The van der Waals surface area contributed by atoms with Gasteiger partial charge in [0.1, 0.15) is 12.2 Å². The fourth-order valence-corrected chi connectivity index (χ4v) is 1.86. The van der Waals surface area contributed by atoms with Gasteiger partial charge in [0.25, 0.3) is 0 Å². The third-order valence-corrected chi connectivity index (χ3v) is 3.08. The summed E-state index contributed by atoms with van der Waals surface area (Å²) in [5, 5.41) is 8.64. The average Bonchev–Trinajstić information content (AvgIpc) is 2.52. The number of methoxy groups -OCH3 is 1. The van der Waals surface area contributed by atoms with E-state index in [-0.39, 0.29) is 18.8 Å². The number of hydrogen-bond acceptors (Lipinski definition) is 2. The first kappa shape index (κ1) is 17.7. The molecule has 1 N–H and O–H groups in total. The van der Waals surface area contributed by atoms with Gasteiger partial charge >= 0.3 is 5.97 Å². The average molecular weight is 320 g/mol. The number of carboxylic acid groups (broad SMARTS) is 1. The number of ether oxygens (including phenoxy) is 1. The van der Waals surface area contributed by atoms with Crippen molar-refractivity contribution in [1.29, 1.82) is 0 Å². The Morgan fingerprint density at radius 2 is 1.64 bits per heavy atom. The van der Waals surface area contributed by atoms with Crippen molar-refractivity contribution in [2.24, 2.45) is 0 Å². The lowest BCUT2D eigenvalue weighted by Crippen LogP contribution is -3.00. The highest BCUT2D eigenvalue weighted by molar-refractivity contribution is 5.69. The molecule has 5 heteroatoms. The maximum atomic E-state index is 10.5. The standard InChI is InChI=1S/C17H17NO3.ClH/c1-21-16-6-4-14(5-7-16)2-3-15-8-11-18(12-9-15)13-10-17(19)20;/h2-9,11-12H,10,13H2,1H3;1H/b3-2-;. The zero-order valence-electron chi connectivity index (χ0n) is 12.3. The van der Waals surface area contributed by atoms with Gasteiger partial charge in [-0.1, -0.05) is 24.3 Å². The predicted octanol–water partition coefficient (Wildman–Crippen LogP) is -0.368. The van der Waals surface area contributed by atoms with Crippen LogP contribution in [0.4, 0.5) is 0 Å². The molecule has 0 saturated carbocycles. The summed E-state index contributed by atoms with van der Waals surface area (Å²) in [5.41, 5.74) is 2.16. The number of carboxylic acids is 1. The van der Waals surface area contributed by atoms with E-state index >= 15 is 0 Å². The lowest BCUT2D eigenvalue weighted by Gasteiger charge is -1.99. The van der Waals surface area contributed by atoms with Crippen LogP contribution in [-0.2, 0) is 11.3 Å². The van der Waals surface area contributed by atoms with E-state index in [0.29, 0.717) is 6.54 Å². The molecular weight excluding hydrogens is 302 g/mol. The molecule has 0 saturated heterocycles. The Kier molecular flexibility index (Phi) is 7.13. The first-order valence-electron chi connectivity index (χ1n) is 6.70. The summed E-state index contributed by atoms with van der Waals surface area (Å²) in [6.45, 7) is 0.484. The Balaban J connectivity index is 0.00000242. The van der Waals surface area contributed by atoms with Gasteiger partial charge in [0, 0.05) is 12.1 Å². The number of carbonyl (C=O) groups is 1. The van der Waals surface area contributed by atoms with Crippen LogP contribution in [0.5, 0.6) is 5.75 Å². The van der Waals surface area contributed by atoms with Crippen molar-refractivity contribution < 1.29 is 31.6 Å². The Morgan fingerprint density at radius 1 is 1.09 bits per heavy atom. The number of benzene rings is 1. The molecule has 0 aliphatic rings. The monoisotopic (exact) mass is 319 g/mol. The van der Waals surface area contributed by atoms with Gasteiger partial charge in [-0.2, -0.15) is 0 Å². The molecule has 0 unspecified atom stereocenters. The summed E-state index contributed by atoms with van der Waals surface area (Å²) >= 11 is 0. The molecule has 0 atom stereocenters. The highest BCUT2D eigenvalue weighted by Crippen LogP contribution is 2.13. The van der Waals surface area contributed by atoms with E-state index in [9.17, 15) is 4.79 Å². The van der Waals surface area contributed by atoms with Crippen LogP contribution in [0.25, 0.3) is 12.2 Å². The lowest BCUT2D eigenvalue weighted by atomic mass is 10.1. The summed E-state index contributed by atoms with van der Waals surface area (Å²) in [6, 6.07) is 11.7. The van der Waals surface area contributed by atoms with E-state index in [1.807, 2.05) is 65.5 Å². The van der Waals surface area contributed by atoms with E-state index in [4.69, 9.17) is 9.84 Å². The molecule has 1 heterocycles. The van der Waals surface area contributed by atoms with Gasteiger partial charge in [0.2, 0.25) is 0 Å². The molecule has 2 rings (SSSR count). The van der Waals surface area contributed by atoms with Gasteiger partial charge in [-0.3, -0.25) is 4.79 Å². The van der Waals surface area contributed by atoms with E-state index < -0.39 is 5.97 Å². The van der Waals surface area contributed by atoms with Crippen LogP contribution in [0.15, 0.2) is 48.8 Å². The van der Waals surface area contributed by atoms with Crippen LogP contribution < -0.4 is 21.7 Å². The third-order valence-electron chi connectivity index (χ3n) is 3.08. The first-order chi connectivity index (χ1) is 10.2. The molecule has 0 fully saturated rings. The maximum Gasteiger partial charge on any atom is 0.309 e. The van der Waals surface area contributed by atoms with Crippen LogP contribution >= 0.6 is 0 Å². The van der Waals surface area contributed by atoms with Crippen molar-refractivity contribution in [2.75, 3.05) is 7.11 Å². The third kappa shape index (κ3) is 5.58. The zero-order valence-corrected chi connectivity index (χ0v) is 13.0. The van der Waals surface area contributed by atoms with Crippen molar-refractivity contribution in [3.05, 3.63) is 59.9 Å². The molecule has 2 aromatic rings. The topological polar surface area (TPSA) is 50.4 Å². The fourth-order valence-electron chi connectivity index (χ4n) is 1.86. The summed E-state index contributed by atoms with van der Waals surface area (Å²) < 4.78 is 6.98. The molecular formula is C17H18ClNO3. The minimum Gasteiger partial charge on any atom is -1.00 e. The SMILES string of the molecule is COc1ccc(/C=C\c2cc[n+](CCC(=O)O)cc2)cc1.[Cl-]. The zero-order chi connectivity index (χ0) is 15.1. The van der Waals surface area contributed by atoms with Crippen molar-refractivity contribution in [1.82, 2.24) is 0 Å². The summed E-state index contributed by atoms with van der Waals surface area (Å²) in [7, 11) is 1.65. The van der Waals surface area contributed by atoms with E-state index in [1.165, 1.54) is 0 Å². The molecule has 1 aromatic heterocycles. The number of pyridine rings is 1.